The summed E-state index contributed by atoms with van der Waals surface area (Å²) in [7, 11) is 0. The molecule has 3 heteroatoms. The molecule has 2 nitrogen and oxygen atoms in total. The van der Waals surface area contributed by atoms with Crippen molar-refractivity contribution in [3.05, 3.63) is 12.2 Å². The number of nitrogens with one attached hydrogen (secondary N) is 1. The Hall–Kier alpha value is -0.570. The number of nitrogens with zero attached hydrogens (tertiary/aromatic N) is 1. The molecule has 0 aromatic carbocycles. The Balaban J connectivity index is 2.04. The lowest BCUT2D eigenvalue weighted by Gasteiger charge is -2.39. The Bertz CT molecular complexity index is 375. The zero-order valence-corrected chi connectivity index (χ0v) is 13.0. The molecule has 0 radical (unpaired) electrons. The topological polar surface area (TPSA) is 15.3 Å². The number of hydrogen-bond donors (Lipinski definition) is 1. The highest BCUT2D eigenvalue weighted by Gasteiger charge is 2.50. The van der Waals surface area contributed by atoms with E-state index in [0.717, 1.165) is 23.8 Å². The molecule has 2 aliphatic rings. The molecule has 2 fully saturated rings. The first-order chi connectivity index (χ1) is 8.21. The maximum atomic E-state index is 5.55. The van der Waals surface area contributed by atoms with Crippen molar-refractivity contribution < 1.29 is 0 Å². The van der Waals surface area contributed by atoms with Crippen LogP contribution >= 0.6 is 12.2 Å². The van der Waals surface area contributed by atoms with Crippen molar-refractivity contribution in [1.82, 2.24) is 10.2 Å². The fourth-order valence-corrected chi connectivity index (χ4v) is 4.31. The van der Waals surface area contributed by atoms with E-state index < -0.39 is 0 Å². The van der Waals surface area contributed by atoms with Crippen LogP contribution in [0.25, 0.3) is 0 Å². The molecule has 0 aromatic rings. The second-order valence-corrected chi connectivity index (χ2v) is 7.84. The molecule has 1 saturated carbocycles. The van der Waals surface area contributed by atoms with Gasteiger partial charge in [0.25, 0.3) is 0 Å². The van der Waals surface area contributed by atoms with E-state index in [-0.39, 0.29) is 0 Å². The highest BCUT2D eigenvalue weighted by Crippen LogP contribution is 2.52. The van der Waals surface area contributed by atoms with Gasteiger partial charge in [-0.2, -0.15) is 0 Å². The van der Waals surface area contributed by atoms with Crippen molar-refractivity contribution in [2.45, 2.75) is 53.0 Å². The summed E-state index contributed by atoms with van der Waals surface area (Å²) in [6.45, 7) is 15.1. The van der Waals surface area contributed by atoms with Crippen LogP contribution in [0.1, 0.15) is 47.0 Å². The maximum Gasteiger partial charge on any atom is 0.169 e. The Morgan fingerprint density at radius 2 is 2.06 bits per heavy atom. The van der Waals surface area contributed by atoms with Gasteiger partial charge < -0.3 is 10.2 Å². The van der Waals surface area contributed by atoms with Crippen LogP contribution in [-0.2, 0) is 0 Å². The molecule has 18 heavy (non-hydrogen) atoms. The van der Waals surface area contributed by atoms with Gasteiger partial charge in [-0.25, -0.2) is 0 Å². The Morgan fingerprint density at radius 1 is 1.39 bits per heavy atom. The van der Waals surface area contributed by atoms with Gasteiger partial charge in [0.05, 0.1) is 0 Å². The van der Waals surface area contributed by atoms with E-state index in [2.05, 4.69) is 37.6 Å². The second-order valence-electron chi connectivity index (χ2n) is 7.46. The van der Waals surface area contributed by atoms with Crippen LogP contribution in [0.3, 0.4) is 0 Å². The van der Waals surface area contributed by atoms with E-state index in [0.29, 0.717) is 16.9 Å². The van der Waals surface area contributed by atoms with Crippen molar-refractivity contribution in [2.24, 2.45) is 10.8 Å². The van der Waals surface area contributed by atoms with E-state index in [1.54, 1.807) is 0 Å². The maximum absolute atomic E-state index is 5.55. The number of rotatable bonds is 2. The third-order valence-electron chi connectivity index (χ3n) is 4.22. The Labute approximate surface area is 117 Å². The lowest BCUT2D eigenvalue weighted by Crippen LogP contribution is -2.43. The monoisotopic (exact) mass is 266 g/mol. The summed E-state index contributed by atoms with van der Waals surface area (Å²) in [6, 6.07) is 0.629. The van der Waals surface area contributed by atoms with E-state index in [9.17, 15) is 0 Å². The van der Waals surface area contributed by atoms with E-state index in [4.69, 9.17) is 12.2 Å². The van der Waals surface area contributed by atoms with E-state index in [1.165, 1.54) is 19.3 Å². The van der Waals surface area contributed by atoms with Gasteiger partial charge in [0.1, 0.15) is 0 Å². The first-order valence-electron chi connectivity index (χ1n) is 6.90. The van der Waals surface area contributed by atoms with Crippen LogP contribution < -0.4 is 5.32 Å². The van der Waals surface area contributed by atoms with Crippen molar-refractivity contribution in [1.29, 1.82) is 0 Å². The van der Waals surface area contributed by atoms with Gasteiger partial charge in [-0.1, -0.05) is 32.9 Å². The van der Waals surface area contributed by atoms with Crippen LogP contribution in [-0.4, -0.2) is 29.1 Å². The number of hydrogen-bond acceptors (Lipinski definition) is 1. The minimum absolute atomic E-state index is 0.446. The average Bonchev–Trinajstić information content (AvgIpc) is 2.44. The molecule has 1 saturated heterocycles. The Morgan fingerprint density at radius 3 is 2.67 bits per heavy atom. The molecule has 0 aromatic heterocycles. The minimum atomic E-state index is 0.446. The smallest absolute Gasteiger partial charge is 0.169 e. The summed E-state index contributed by atoms with van der Waals surface area (Å²) in [5.74, 6) is 0. The van der Waals surface area contributed by atoms with Crippen molar-refractivity contribution in [2.75, 3.05) is 13.1 Å². The van der Waals surface area contributed by atoms with Crippen molar-refractivity contribution >= 4 is 17.3 Å². The summed E-state index contributed by atoms with van der Waals surface area (Å²) in [5, 5.41) is 4.26. The first-order valence-corrected chi connectivity index (χ1v) is 7.31. The molecule has 1 heterocycles. The van der Waals surface area contributed by atoms with Gasteiger partial charge in [-0.15, -0.1) is 0 Å². The quantitative estimate of drug-likeness (QED) is 0.609. The SMILES string of the molecule is C=C(C)CNC(=S)N1C[C@]2(C)C[C@@H]1CC(C)(C)C2. The first kappa shape index (κ1) is 13.9. The molecule has 1 aliphatic carbocycles. The fraction of sp³-hybridized carbons (Fsp3) is 0.800. The van der Waals surface area contributed by atoms with Crippen LogP contribution in [0, 0.1) is 10.8 Å². The molecule has 1 N–H and O–H groups in total. The summed E-state index contributed by atoms with van der Waals surface area (Å²) < 4.78 is 0. The van der Waals surface area contributed by atoms with Crippen molar-refractivity contribution in [3.8, 4) is 0 Å². The number of thiocarbonyl (C=S) groups is 1. The average molecular weight is 266 g/mol. The summed E-state index contributed by atoms with van der Waals surface area (Å²) in [6.07, 6.45) is 3.87. The second kappa shape index (κ2) is 4.52. The minimum Gasteiger partial charge on any atom is -0.359 e. The third kappa shape index (κ3) is 2.87. The predicted octanol–water partition coefficient (Wildman–Crippen LogP) is 3.34. The molecule has 102 valence electrons. The highest BCUT2D eigenvalue weighted by molar-refractivity contribution is 7.80. The zero-order chi connectivity index (χ0) is 13.6. The van der Waals surface area contributed by atoms with Gasteiger partial charge in [0.15, 0.2) is 5.11 Å². The highest BCUT2D eigenvalue weighted by atomic mass is 32.1. The largest absolute Gasteiger partial charge is 0.359 e. The van der Waals surface area contributed by atoms with Gasteiger partial charge in [0, 0.05) is 19.1 Å². The van der Waals surface area contributed by atoms with Crippen LogP contribution in [0.5, 0.6) is 0 Å². The van der Waals surface area contributed by atoms with Gasteiger partial charge in [-0.05, 0) is 49.2 Å². The molecule has 1 aliphatic heterocycles. The molecule has 0 spiro atoms. The standard InChI is InChI=1S/C15H26N2S/c1-11(2)8-16-13(18)17-10-15(5)7-12(17)6-14(3,4)9-15/h12H,1,6-10H2,2-5H3,(H,16,18)/t12-,15+/m0/s1. The van der Waals surface area contributed by atoms with Crippen LogP contribution in [0.4, 0.5) is 0 Å². The van der Waals surface area contributed by atoms with Crippen molar-refractivity contribution in [3.63, 3.8) is 0 Å². The normalized spacial score (nSPS) is 33.3. The van der Waals surface area contributed by atoms with Crippen LogP contribution in [0.2, 0.25) is 0 Å². The molecule has 0 unspecified atom stereocenters. The molecule has 2 rings (SSSR count). The van der Waals surface area contributed by atoms with Gasteiger partial charge >= 0.3 is 0 Å². The third-order valence-corrected chi connectivity index (χ3v) is 4.60. The number of fused-ring (bicyclic) bond motifs is 2. The zero-order valence-electron chi connectivity index (χ0n) is 12.2. The van der Waals surface area contributed by atoms with E-state index >= 15 is 0 Å². The molecule has 0 amide bonds. The number of likely N-dealkylation sites (tertiary alicyclic amines) is 1. The summed E-state index contributed by atoms with van der Waals surface area (Å²) in [5.41, 5.74) is 2.03. The fourth-order valence-electron chi connectivity index (χ4n) is 4.03. The lowest BCUT2D eigenvalue weighted by atomic mass is 9.65. The predicted molar refractivity (Wildman–Crippen MR) is 81.6 cm³/mol. The lowest BCUT2D eigenvalue weighted by molar-refractivity contribution is 0.132. The van der Waals surface area contributed by atoms with E-state index in [1.807, 2.05) is 6.92 Å². The molecular formula is C15H26N2S. The van der Waals surface area contributed by atoms with Crippen LogP contribution in [0.15, 0.2) is 12.2 Å². The molecular weight excluding hydrogens is 240 g/mol. The van der Waals surface area contributed by atoms with Gasteiger partial charge in [0.2, 0.25) is 0 Å². The molecule has 2 bridgehead atoms. The Kier molecular flexibility index (Phi) is 3.48. The summed E-state index contributed by atoms with van der Waals surface area (Å²) in [4.78, 5) is 2.42. The summed E-state index contributed by atoms with van der Waals surface area (Å²) >= 11 is 5.55. The van der Waals surface area contributed by atoms with Gasteiger partial charge in [-0.3, -0.25) is 0 Å². The molecule has 2 atom stereocenters.